The molecule has 1 unspecified atom stereocenters. The van der Waals surface area contributed by atoms with Crippen LogP contribution in [-0.2, 0) is 9.59 Å². The van der Waals surface area contributed by atoms with E-state index in [0.29, 0.717) is 19.1 Å². The van der Waals surface area contributed by atoms with Gasteiger partial charge in [0.2, 0.25) is 5.91 Å². The van der Waals surface area contributed by atoms with E-state index in [4.69, 9.17) is 5.11 Å². The van der Waals surface area contributed by atoms with E-state index in [0.717, 1.165) is 24.1 Å². The zero-order valence-electron chi connectivity index (χ0n) is 11.2. The first-order valence-electron chi connectivity index (χ1n) is 6.99. The molecule has 0 saturated heterocycles. The molecule has 106 valence electrons. The Balaban J connectivity index is 1.75. The molecule has 5 heteroatoms. The highest BCUT2D eigenvalue weighted by Gasteiger charge is 2.33. The van der Waals surface area contributed by atoms with Crippen molar-refractivity contribution in [3.8, 4) is 0 Å². The van der Waals surface area contributed by atoms with Crippen LogP contribution >= 0.6 is 0 Å². The van der Waals surface area contributed by atoms with Crippen LogP contribution < -0.4 is 10.2 Å². The van der Waals surface area contributed by atoms with Crippen molar-refractivity contribution in [2.75, 3.05) is 18.0 Å². The van der Waals surface area contributed by atoms with E-state index in [1.165, 1.54) is 0 Å². The van der Waals surface area contributed by atoms with Gasteiger partial charge in [-0.3, -0.25) is 9.59 Å². The van der Waals surface area contributed by atoms with Crippen LogP contribution in [0.2, 0.25) is 0 Å². The first kappa shape index (κ1) is 13.1. The Labute approximate surface area is 117 Å². The van der Waals surface area contributed by atoms with E-state index in [2.05, 4.69) is 5.32 Å². The molecule has 1 aromatic carbocycles. The number of fused-ring (bicyclic) bond motifs is 1. The molecule has 0 spiro atoms. The van der Waals surface area contributed by atoms with Crippen molar-refractivity contribution in [3.05, 3.63) is 29.8 Å². The first-order chi connectivity index (χ1) is 9.65. The quantitative estimate of drug-likeness (QED) is 0.850. The summed E-state index contributed by atoms with van der Waals surface area (Å²) in [6, 6.07) is 8.09. The summed E-state index contributed by atoms with van der Waals surface area (Å²) in [7, 11) is 0. The highest BCUT2D eigenvalue weighted by atomic mass is 16.4. The van der Waals surface area contributed by atoms with E-state index in [9.17, 15) is 9.59 Å². The van der Waals surface area contributed by atoms with Crippen molar-refractivity contribution in [1.82, 2.24) is 5.32 Å². The molecule has 1 heterocycles. The largest absolute Gasteiger partial charge is 0.481 e. The standard InChI is InChI=1S/C15H18N2O3/c18-14(8-16-11-5-6-11)17-9-10(7-15(19)20)12-3-1-2-4-13(12)17/h1-4,10-11,16H,5-9H2,(H,19,20). The van der Waals surface area contributed by atoms with E-state index < -0.39 is 5.97 Å². The number of rotatable bonds is 5. The Bertz CT molecular complexity index is 540. The van der Waals surface area contributed by atoms with Gasteiger partial charge in [-0.05, 0) is 24.5 Å². The molecule has 20 heavy (non-hydrogen) atoms. The van der Waals surface area contributed by atoms with Crippen LogP contribution in [0.4, 0.5) is 5.69 Å². The average molecular weight is 274 g/mol. The number of aliphatic carboxylic acids is 1. The minimum atomic E-state index is -0.824. The van der Waals surface area contributed by atoms with Crippen LogP contribution in [0, 0.1) is 0 Å². The minimum absolute atomic E-state index is 0.0252. The van der Waals surface area contributed by atoms with Crippen molar-refractivity contribution < 1.29 is 14.7 Å². The highest BCUT2D eigenvalue weighted by molar-refractivity contribution is 5.97. The SMILES string of the molecule is O=C(O)CC1CN(C(=O)CNC2CC2)c2ccccc21. The molecule has 1 amide bonds. The van der Waals surface area contributed by atoms with Gasteiger partial charge in [-0.25, -0.2) is 0 Å². The fraction of sp³-hybridized carbons (Fsp3) is 0.467. The average Bonchev–Trinajstić information content (AvgIpc) is 3.19. The number of carbonyl (C=O) groups is 2. The van der Waals surface area contributed by atoms with Gasteiger partial charge in [0.15, 0.2) is 0 Å². The lowest BCUT2D eigenvalue weighted by atomic mass is 9.98. The van der Waals surface area contributed by atoms with E-state index in [-0.39, 0.29) is 18.2 Å². The monoisotopic (exact) mass is 274 g/mol. The summed E-state index contributed by atoms with van der Waals surface area (Å²) < 4.78 is 0. The number of nitrogens with one attached hydrogen (secondary N) is 1. The summed E-state index contributed by atoms with van der Waals surface area (Å²) in [6.45, 7) is 0.801. The smallest absolute Gasteiger partial charge is 0.304 e. The highest BCUT2D eigenvalue weighted by Crippen LogP contribution is 2.37. The topological polar surface area (TPSA) is 69.6 Å². The summed E-state index contributed by atoms with van der Waals surface area (Å²) in [5.74, 6) is -0.902. The number of carboxylic acid groups (broad SMARTS) is 1. The van der Waals surface area contributed by atoms with Gasteiger partial charge in [-0.2, -0.15) is 0 Å². The van der Waals surface area contributed by atoms with Crippen LogP contribution in [-0.4, -0.2) is 36.1 Å². The van der Waals surface area contributed by atoms with Crippen LogP contribution in [0.25, 0.3) is 0 Å². The number of hydrogen-bond donors (Lipinski definition) is 2. The molecule has 5 nitrogen and oxygen atoms in total. The molecule has 0 aromatic heterocycles. The zero-order chi connectivity index (χ0) is 14.1. The number of carboxylic acids is 1. The Morgan fingerprint density at radius 3 is 2.75 bits per heavy atom. The number of para-hydroxylation sites is 1. The molecular weight excluding hydrogens is 256 g/mol. The van der Waals surface area contributed by atoms with Gasteiger partial charge in [-0.1, -0.05) is 18.2 Å². The Hall–Kier alpha value is -1.88. The van der Waals surface area contributed by atoms with Gasteiger partial charge in [0.25, 0.3) is 0 Å². The molecule has 1 aromatic rings. The second-order valence-electron chi connectivity index (χ2n) is 5.51. The van der Waals surface area contributed by atoms with E-state index in [1.807, 2.05) is 24.3 Å². The third-order valence-corrected chi connectivity index (χ3v) is 3.91. The Morgan fingerprint density at radius 2 is 2.05 bits per heavy atom. The number of nitrogens with zero attached hydrogens (tertiary/aromatic N) is 1. The van der Waals surface area contributed by atoms with Crippen LogP contribution in [0.3, 0.4) is 0 Å². The molecule has 0 radical (unpaired) electrons. The maximum Gasteiger partial charge on any atom is 0.304 e. The summed E-state index contributed by atoms with van der Waals surface area (Å²) in [5, 5.41) is 12.2. The number of carbonyl (C=O) groups excluding carboxylic acids is 1. The maximum absolute atomic E-state index is 12.3. The van der Waals surface area contributed by atoms with Gasteiger partial charge in [0.05, 0.1) is 13.0 Å². The van der Waals surface area contributed by atoms with Gasteiger partial charge < -0.3 is 15.3 Å². The van der Waals surface area contributed by atoms with Gasteiger partial charge in [0.1, 0.15) is 0 Å². The number of anilines is 1. The van der Waals surface area contributed by atoms with Crippen LogP contribution in [0.15, 0.2) is 24.3 Å². The summed E-state index contributed by atoms with van der Waals surface area (Å²) in [5.41, 5.74) is 1.83. The minimum Gasteiger partial charge on any atom is -0.481 e. The second-order valence-corrected chi connectivity index (χ2v) is 5.51. The van der Waals surface area contributed by atoms with E-state index in [1.54, 1.807) is 4.90 Å². The predicted molar refractivity (Wildman–Crippen MR) is 74.8 cm³/mol. The number of amides is 1. The molecule has 3 rings (SSSR count). The third kappa shape index (κ3) is 2.67. The molecule has 2 aliphatic rings. The lowest BCUT2D eigenvalue weighted by Crippen LogP contribution is -2.38. The third-order valence-electron chi connectivity index (χ3n) is 3.91. The van der Waals surface area contributed by atoms with Crippen LogP contribution in [0.5, 0.6) is 0 Å². The number of hydrogen-bond acceptors (Lipinski definition) is 3. The molecule has 1 aliphatic heterocycles. The molecule has 1 fully saturated rings. The van der Waals surface area contributed by atoms with Gasteiger partial charge in [0, 0.05) is 24.2 Å². The molecule has 1 atom stereocenters. The second kappa shape index (κ2) is 5.25. The van der Waals surface area contributed by atoms with Gasteiger partial charge >= 0.3 is 5.97 Å². The Morgan fingerprint density at radius 1 is 1.30 bits per heavy atom. The molecule has 0 bridgehead atoms. The van der Waals surface area contributed by atoms with Gasteiger partial charge in [-0.15, -0.1) is 0 Å². The van der Waals surface area contributed by atoms with Crippen molar-refractivity contribution >= 4 is 17.6 Å². The molecule has 1 saturated carbocycles. The summed E-state index contributed by atoms with van der Waals surface area (Å²) >= 11 is 0. The molecule has 1 aliphatic carbocycles. The number of benzene rings is 1. The predicted octanol–water partition coefficient (Wildman–Crippen LogP) is 1.34. The summed E-state index contributed by atoms with van der Waals surface area (Å²) in [6.07, 6.45) is 2.36. The Kier molecular flexibility index (Phi) is 3.44. The molecular formula is C15H18N2O3. The lowest BCUT2D eigenvalue weighted by Gasteiger charge is -2.18. The fourth-order valence-corrected chi connectivity index (χ4v) is 2.73. The van der Waals surface area contributed by atoms with Crippen molar-refractivity contribution in [1.29, 1.82) is 0 Å². The van der Waals surface area contributed by atoms with Crippen molar-refractivity contribution in [3.63, 3.8) is 0 Å². The first-order valence-corrected chi connectivity index (χ1v) is 6.99. The van der Waals surface area contributed by atoms with Crippen molar-refractivity contribution in [2.24, 2.45) is 0 Å². The van der Waals surface area contributed by atoms with Crippen molar-refractivity contribution in [2.45, 2.75) is 31.2 Å². The lowest BCUT2D eigenvalue weighted by molar-refractivity contribution is -0.137. The zero-order valence-corrected chi connectivity index (χ0v) is 11.2. The maximum atomic E-state index is 12.3. The normalized spacial score (nSPS) is 20.8. The van der Waals surface area contributed by atoms with Crippen LogP contribution in [0.1, 0.15) is 30.7 Å². The fourth-order valence-electron chi connectivity index (χ4n) is 2.73. The summed E-state index contributed by atoms with van der Waals surface area (Å²) in [4.78, 5) is 25.0. The molecule has 2 N–H and O–H groups in total. The van der Waals surface area contributed by atoms with E-state index >= 15 is 0 Å².